The quantitative estimate of drug-likeness (QED) is 0.197. The summed E-state index contributed by atoms with van der Waals surface area (Å²) in [5, 5.41) is 84.9. The van der Waals surface area contributed by atoms with Gasteiger partial charge >= 0.3 is 0 Å². The van der Waals surface area contributed by atoms with E-state index < -0.39 is 74.9 Å². The molecule has 12 heteroatoms. The van der Waals surface area contributed by atoms with Gasteiger partial charge < -0.3 is 60.9 Å². The van der Waals surface area contributed by atoms with Crippen LogP contribution < -0.4 is 0 Å². The first-order chi connectivity index (χ1) is 10.8. The Hall–Kier alpha value is -0.480. The molecule has 1 fully saturated rings. The second-order valence-corrected chi connectivity index (χ2v) is 5.29. The van der Waals surface area contributed by atoms with Crippen LogP contribution in [-0.2, 0) is 9.47 Å². The first-order valence-electron chi connectivity index (χ1n) is 7.00. The van der Waals surface area contributed by atoms with Crippen molar-refractivity contribution in [1.82, 2.24) is 0 Å². The van der Waals surface area contributed by atoms with Gasteiger partial charge in [0, 0.05) is 0 Å². The van der Waals surface area contributed by atoms with Crippen LogP contribution >= 0.6 is 0 Å². The van der Waals surface area contributed by atoms with Gasteiger partial charge in [0.25, 0.3) is 0 Å². The third kappa shape index (κ3) is 5.26. The lowest BCUT2D eigenvalue weighted by Crippen LogP contribution is -2.61. The Balaban J connectivity index is 0.00000529. The Kier molecular flexibility index (Phi) is 10.3. The van der Waals surface area contributed by atoms with Gasteiger partial charge in [0.2, 0.25) is 0 Å². The molecule has 0 aliphatic carbocycles. The molecule has 24 heavy (non-hydrogen) atoms. The number of rotatable bonds is 8. The largest absolute Gasteiger partial charge is 0.412 e. The third-order valence-corrected chi connectivity index (χ3v) is 3.62. The average molecular weight is 362 g/mol. The van der Waals surface area contributed by atoms with Crippen LogP contribution in [0.25, 0.3) is 0 Å². The minimum absolute atomic E-state index is 0. The lowest BCUT2D eigenvalue weighted by Gasteiger charge is -2.42. The van der Waals surface area contributed by atoms with Crippen molar-refractivity contribution in [3.05, 3.63) is 0 Å². The molecule has 1 saturated heterocycles. The number of ether oxygens (including phenoxy) is 2. The second kappa shape index (κ2) is 10.5. The van der Waals surface area contributed by atoms with Gasteiger partial charge in [-0.1, -0.05) is 0 Å². The Bertz CT molecular complexity index is 342. The standard InChI is InChI=1S/C12H24O11.H2O/c13-1-4(16)7(18)11(5(17)2-14)23-12-10(21)9(20)8(19)6(3-15)22-12;/h4-21H,1-3H2;1H2. The molecule has 0 aromatic rings. The molecule has 11 N–H and O–H groups in total. The molecule has 0 aromatic heterocycles. The topological polar surface area (TPSA) is 232 Å². The maximum atomic E-state index is 9.83. The van der Waals surface area contributed by atoms with Crippen molar-refractivity contribution < 1.29 is 60.9 Å². The van der Waals surface area contributed by atoms with Crippen LogP contribution in [0, 0.1) is 0 Å². The smallest absolute Gasteiger partial charge is 0.187 e. The summed E-state index contributed by atoms with van der Waals surface area (Å²) in [6, 6.07) is 0. The van der Waals surface area contributed by atoms with Gasteiger partial charge in [0.05, 0.1) is 19.8 Å². The molecular weight excluding hydrogens is 336 g/mol. The monoisotopic (exact) mass is 362 g/mol. The van der Waals surface area contributed by atoms with Gasteiger partial charge in [-0.3, -0.25) is 0 Å². The van der Waals surface area contributed by atoms with Gasteiger partial charge in [-0.25, -0.2) is 0 Å². The van der Waals surface area contributed by atoms with Crippen molar-refractivity contribution in [3.8, 4) is 0 Å². The molecule has 146 valence electrons. The van der Waals surface area contributed by atoms with Crippen LogP contribution in [0.1, 0.15) is 0 Å². The molecule has 1 aliphatic heterocycles. The molecule has 9 unspecified atom stereocenters. The van der Waals surface area contributed by atoms with E-state index in [-0.39, 0.29) is 5.48 Å². The maximum absolute atomic E-state index is 9.83. The van der Waals surface area contributed by atoms with Crippen LogP contribution in [0.2, 0.25) is 0 Å². The summed E-state index contributed by atoms with van der Waals surface area (Å²) in [5.41, 5.74) is 0. The highest BCUT2D eigenvalue weighted by Gasteiger charge is 2.46. The van der Waals surface area contributed by atoms with Gasteiger partial charge in [0.15, 0.2) is 6.29 Å². The van der Waals surface area contributed by atoms with Gasteiger partial charge in [-0.15, -0.1) is 0 Å². The minimum Gasteiger partial charge on any atom is -0.412 e. The molecule has 9 atom stereocenters. The average Bonchev–Trinajstić information content (AvgIpc) is 2.57. The van der Waals surface area contributed by atoms with Crippen LogP contribution in [-0.4, -0.2) is 126 Å². The summed E-state index contributed by atoms with van der Waals surface area (Å²) < 4.78 is 10.1. The zero-order valence-electron chi connectivity index (χ0n) is 12.7. The summed E-state index contributed by atoms with van der Waals surface area (Å²) in [6.07, 6.45) is -15.1. The molecule has 1 aliphatic rings. The zero-order valence-corrected chi connectivity index (χ0v) is 12.7. The maximum Gasteiger partial charge on any atom is 0.187 e. The van der Waals surface area contributed by atoms with Crippen LogP contribution in [0.3, 0.4) is 0 Å². The fourth-order valence-electron chi connectivity index (χ4n) is 2.16. The summed E-state index contributed by atoms with van der Waals surface area (Å²) in [6.45, 7) is -2.45. The molecule has 0 radical (unpaired) electrons. The highest BCUT2D eigenvalue weighted by molar-refractivity contribution is 4.91. The molecule has 0 aromatic carbocycles. The van der Waals surface area contributed by atoms with E-state index >= 15 is 0 Å². The fraction of sp³-hybridized carbons (Fsp3) is 1.00. The molecule has 12 nitrogen and oxygen atoms in total. The van der Waals surface area contributed by atoms with Gasteiger partial charge in [0.1, 0.15) is 48.8 Å². The van der Waals surface area contributed by atoms with Gasteiger partial charge in [-0.05, 0) is 0 Å². The normalized spacial score (nSPS) is 35.6. The van der Waals surface area contributed by atoms with Crippen molar-refractivity contribution in [2.75, 3.05) is 19.8 Å². The number of hydrogen-bond acceptors (Lipinski definition) is 11. The van der Waals surface area contributed by atoms with E-state index in [1.54, 1.807) is 0 Å². The highest BCUT2D eigenvalue weighted by atomic mass is 16.7. The van der Waals surface area contributed by atoms with Crippen molar-refractivity contribution in [1.29, 1.82) is 0 Å². The lowest BCUT2D eigenvalue weighted by molar-refractivity contribution is -0.327. The third-order valence-electron chi connectivity index (χ3n) is 3.62. The fourth-order valence-corrected chi connectivity index (χ4v) is 2.16. The van der Waals surface area contributed by atoms with Crippen LogP contribution in [0.4, 0.5) is 0 Å². The number of hydrogen-bond donors (Lipinski definition) is 9. The van der Waals surface area contributed by atoms with Gasteiger partial charge in [-0.2, -0.15) is 0 Å². The summed E-state index contributed by atoms with van der Waals surface area (Å²) in [5.74, 6) is 0. The SMILES string of the molecule is O.OCC(O)C(O)C(OC1OC(CO)C(O)C(O)C1O)C(O)CO. The zero-order chi connectivity index (χ0) is 17.7. The summed E-state index contributed by atoms with van der Waals surface area (Å²) in [7, 11) is 0. The molecule has 0 amide bonds. The predicted molar refractivity (Wildman–Crippen MR) is 74.4 cm³/mol. The lowest BCUT2D eigenvalue weighted by atomic mass is 9.98. The Labute approximate surface area is 137 Å². The summed E-state index contributed by atoms with van der Waals surface area (Å²) in [4.78, 5) is 0. The molecule has 1 rings (SSSR count). The first kappa shape index (κ1) is 23.5. The molecule has 1 heterocycles. The molecular formula is C12H26O12. The molecule has 0 saturated carbocycles. The van der Waals surface area contributed by atoms with E-state index in [1.807, 2.05) is 0 Å². The first-order valence-corrected chi connectivity index (χ1v) is 7.00. The highest BCUT2D eigenvalue weighted by Crippen LogP contribution is 2.24. The number of aliphatic hydroxyl groups excluding tert-OH is 9. The van der Waals surface area contributed by atoms with E-state index in [0.29, 0.717) is 0 Å². The van der Waals surface area contributed by atoms with Crippen molar-refractivity contribution >= 4 is 0 Å². The van der Waals surface area contributed by atoms with E-state index in [0.717, 1.165) is 0 Å². The van der Waals surface area contributed by atoms with E-state index in [4.69, 9.17) is 24.8 Å². The minimum atomic E-state index is -1.85. The van der Waals surface area contributed by atoms with Crippen molar-refractivity contribution in [3.63, 3.8) is 0 Å². The van der Waals surface area contributed by atoms with E-state index in [2.05, 4.69) is 0 Å². The van der Waals surface area contributed by atoms with Crippen LogP contribution in [0.15, 0.2) is 0 Å². The van der Waals surface area contributed by atoms with Crippen molar-refractivity contribution in [2.24, 2.45) is 0 Å². The molecule has 0 bridgehead atoms. The Morgan fingerprint density at radius 2 is 1.38 bits per heavy atom. The van der Waals surface area contributed by atoms with Crippen molar-refractivity contribution in [2.45, 2.75) is 55.1 Å². The van der Waals surface area contributed by atoms with Crippen LogP contribution in [0.5, 0.6) is 0 Å². The summed E-state index contributed by atoms with van der Waals surface area (Å²) >= 11 is 0. The number of aliphatic hydroxyl groups is 9. The predicted octanol–water partition coefficient (Wildman–Crippen LogP) is -6.59. The Morgan fingerprint density at radius 1 is 0.833 bits per heavy atom. The van der Waals surface area contributed by atoms with E-state index in [9.17, 15) is 30.6 Å². The second-order valence-electron chi connectivity index (χ2n) is 5.29. The van der Waals surface area contributed by atoms with E-state index in [1.165, 1.54) is 0 Å². The molecule has 0 spiro atoms. The Morgan fingerprint density at radius 3 is 1.83 bits per heavy atom.